The van der Waals surface area contributed by atoms with Gasteiger partial charge in [0.15, 0.2) is 0 Å². The minimum absolute atomic E-state index is 0.146. The van der Waals surface area contributed by atoms with Gasteiger partial charge in [0, 0.05) is 24.5 Å². The Morgan fingerprint density at radius 3 is 3.19 bits per heavy atom. The maximum absolute atomic E-state index is 9.12. The van der Waals surface area contributed by atoms with Crippen molar-refractivity contribution in [3.8, 4) is 5.75 Å². The number of aliphatic hydroxyl groups is 1. The molecule has 1 aliphatic heterocycles. The summed E-state index contributed by atoms with van der Waals surface area (Å²) in [7, 11) is 0. The molecule has 3 nitrogen and oxygen atoms in total. The first-order valence-corrected chi connectivity index (χ1v) is 5.87. The van der Waals surface area contributed by atoms with Gasteiger partial charge in [-0.05, 0) is 30.7 Å². The highest BCUT2D eigenvalue weighted by molar-refractivity contribution is 6.30. The summed E-state index contributed by atoms with van der Waals surface area (Å²) >= 11 is 5.91. The van der Waals surface area contributed by atoms with Crippen molar-refractivity contribution in [3.05, 3.63) is 28.8 Å². The molecule has 0 spiro atoms. The Kier molecular flexibility index (Phi) is 3.69. The second-order valence-corrected chi connectivity index (χ2v) is 4.64. The zero-order valence-corrected chi connectivity index (χ0v) is 10.00. The summed E-state index contributed by atoms with van der Waals surface area (Å²) in [5.41, 5.74) is 1.16. The third kappa shape index (κ3) is 2.88. The number of rotatable bonds is 4. The molecule has 0 saturated heterocycles. The Bertz CT molecular complexity index is 368. The average molecular weight is 242 g/mol. The Morgan fingerprint density at radius 2 is 2.44 bits per heavy atom. The van der Waals surface area contributed by atoms with E-state index in [1.807, 2.05) is 18.2 Å². The largest absolute Gasteiger partial charge is 0.488 e. The highest BCUT2D eigenvalue weighted by atomic mass is 35.5. The molecule has 0 bridgehead atoms. The molecule has 0 aromatic heterocycles. The summed E-state index contributed by atoms with van der Waals surface area (Å²) in [5.74, 6) is 0.924. The second-order valence-electron chi connectivity index (χ2n) is 4.20. The van der Waals surface area contributed by atoms with E-state index in [0.29, 0.717) is 6.54 Å². The molecule has 0 aliphatic carbocycles. The van der Waals surface area contributed by atoms with Gasteiger partial charge in [0.2, 0.25) is 0 Å². The van der Waals surface area contributed by atoms with Crippen LogP contribution in [0, 0.1) is 0 Å². The van der Waals surface area contributed by atoms with Gasteiger partial charge in [-0.25, -0.2) is 0 Å². The van der Waals surface area contributed by atoms with Crippen LogP contribution in [0.4, 0.5) is 0 Å². The summed E-state index contributed by atoms with van der Waals surface area (Å²) in [4.78, 5) is 0. The number of aliphatic hydroxyl groups excluding tert-OH is 1. The van der Waals surface area contributed by atoms with Crippen LogP contribution in [0.3, 0.4) is 0 Å². The summed E-state index contributed by atoms with van der Waals surface area (Å²) in [6.07, 6.45) is 0.702. The van der Waals surface area contributed by atoms with Crippen LogP contribution in [0.1, 0.15) is 12.5 Å². The number of nitrogens with one attached hydrogen (secondary N) is 1. The van der Waals surface area contributed by atoms with Crippen molar-refractivity contribution in [3.63, 3.8) is 0 Å². The van der Waals surface area contributed by atoms with Gasteiger partial charge in [-0.3, -0.25) is 0 Å². The molecule has 0 saturated carbocycles. The SMILES string of the molecule is CC(O)CNCC1Cc2cc(Cl)ccc2O1. The minimum Gasteiger partial charge on any atom is -0.488 e. The van der Waals surface area contributed by atoms with Crippen molar-refractivity contribution in [1.82, 2.24) is 5.32 Å². The normalized spacial score (nSPS) is 20.3. The lowest BCUT2D eigenvalue weighted by atomic mass is 10.1. The molecular formula is C12H16ClNO2. The molecule has 1 aromatic rings. The molecule has 88 valence electrons. The molecule has 1 aliphatic rings. The predicted molar refractivity (Wildman–Crippen MR) is 64.1 cm³/mol. The molecule has 0 amide bonds. The number of benzene rings is 1. The first-order chi connectivity index (χ1) is 7.65. The lowest BCUT2D eigenvalue weighted by molar-refractivity contribution is 0.177. The van der Waals surface area contributed by atoms with Crippen LogP contribution in [0.25, 0.3) is 0 Å². The topological polar surface area (TPSA) is 41.5 Å². The molecule has 16 heavy (non-hydrogen) atoms. The summed E-state index contributed by atoms with van der Waals surface area (Å²) in [6.45, 7) is 3.10. The Balaban J connectivity index is 1.86. The lowest BCUT2D eigenvalue weighted by Crippen LogP contribution is -2.34. The molecule has 4 heteroatoms. The van der Waals surface area contributed by atoms with Crippen LogP contribution < -0.4 is 10.1 Å². The van der Waals surface area contributed by atoms with E-state index in [9.17, 15) is 0 Å². The Hall–Kier alpha value is -0.770. The Morgan fingerprint density at radius 1 is 1.62 bits per heavy atom. The highest BCUT2D eigenvalue weighted by Gasteiger charge is 2.22. The predicted octanol–water partition coefficient (Wildman–Crippen LogP) is 1.61. The summed E-state index contributed by atoms with van der Waals surface area (Å²) in [6, 6.07) is 5.70. The van der Waals surface area contributed by atoms with Crippen LogP contribution in [0.2, 0.25) is 5.02 Å². The molecule has 2 atom stereocenters. The monoisotopic (exact) mass is 241 g/mol. The van der Waals surface area contributed by atoms with Gasteiger partial charge in [0.05, 0.1) is 6.10 Å². The third-order valence-electron chi connectivity index (χ3n) is 2.58. The zero-order valence-electron chi connectivity index (χ0n) is 9.24. The van der Waals surface area contributed by atoms with Crippen LogP contribution in [0.5, 0.6) is 5.75 Å². The highest BCUT2D eigenvalue weighted by Crippen LogP contribution is 2.30. The molecule has 1 aromatic carbocycles. The van der Waals surface area contributed by atoms with Crippen molar-refractivity contribution in [1.29, 1.82) is 0 Å². The number of hydrogen-bond donors (Lipinski definition) is 2. The fourth-order valence-electron chi connectivity index (χ4n) is 1.86. The standard InChI is InChI=1S/C12H16ClNO2/c1-8(15)6-14-7-11-5-9-4-10(13)2-3-12(9)16-11/h2-4,8,11,14-15H,5-7H2,1H3. The van der Waals surface area contributed by atoms with Crippen LogP contribution in [-0.2, 0) is 6.42 Å². The van der Waals surface area contributed by atoms with Gasteiger partial charge < -0.3 is 15.2 Å². The van der Waals surface area contributed by atoms with Crippen LogP contribution in [-0.4, -0.2) is 30.4 Å². The van der Waals surface area contributed by atoms with Crippen LogP contribution in [0.15, 0.2) is 18.2 Å². The van der Waals surface area contributed by atoms with Gasteiger partial charge in [0.25, 0.3) is 0 Å². The first kappa shape index (κ1) is 11.7. The molecule has 2 rings (SSSR count). The Labute approximate surface area is 100 Å². The number of halogens is 1. The number of ether oxygens (including phenoxy) is 1. The summed E-state index contributed by atoms with van der Waals surface area (Å²) in [5, 5.41) is 13.0. The minimum atomic E-state index is -0.321. The van der Waals surface area contributed by atoms with Crippen LogP contribution >= 0.6 is 11.6 Å². The van der Waals surface area contributed by atoms with Gasteiger partial charge in [-0.1, -0.05) is 11.6 Å². The lowest BCUT2D eigenvalue weighted by Gasteiger charge is -2.12. The molecule has 2 unspecified atom stereocenters. The van der Waals surface area contributed by atoms with Crippen molar-refractivity contribution in [2.75, 3.05) is 13.1 Å². The van der Waals surface area contributed by atoms with E-state index >= 15 is 0 Å². The molecule has 1 heterocycles. The second kappa shape index (κ2) is 5.04. The molecule has 2 N–H and O–H groups in total. The maximum Gasteiger partial charge on any atom is 0.123 e. The van der Waals surface area contributed by atoms with Crippen molar-refractivity contribution >= 4 is 11.6 Å². The van der Waals surface area contributed by atoms with E-state index < -0.39 is 0 Å². The molecular weight excluding hydrogens is 226 g/mol. The number of fused-ring (bicyclic) bond motifs is 1. The quantitative estimate of drug-likeness (QED) is 0.842. The smallest absolute Gasteiger partial charge is 0.123 e. The van der Waals surface area contributed by atoms with E-state index in [4.69, 9.17) is 21.4 Å². The zero-order chi connectivity index (χ0) is 11.5. The van der Waals surface area contributed by atoms with E-state index in [0.717, 1.165) is 29.3 Å². The maximum atomic E-state index is 9.12. The van der Waals surface area contributed by atoms with Gasteiger partial charge >= 0.3 is 0 Å². The van der Waals surface area contributed by atoms with Crippen molar-refractivity contribution in [2.24, 2.45) is 0 Å². The van der Waals surface area contributed by atoms with Crippen molar-refractivity contribution < 1.29 is 9.84 Å². The number of hydrogen-bond acceptors (Lipinski definition) is 3. The van der Waals surface area contributed by atoms with Gasteiger partial charge in [-0.2, -0.15) is 0 Å². The average Bonchev–Trinajstić information content (AvgIpc) is 2.58. The molecule has 0 radical (unpaired) electrons. The van der Waals surface area contributed by atoms with E-state index in [1.54, 1.807) is 6.92 Å². The summed E-state index contributed by atoms with van der Waals surface area (Å²) < 4.78 is 5.74. The van der Waals surface area contributed by atoms with Gasteiger partial charge in [0.1, 0.15) is 11.9 Å². The van der Waals surface area contributed by atoms with Crippen molar-refractivity contribution in [2.45, 2.75) is 25.6 Å². The van der Waals surface area contributed by atoms with Gasteiger partial charge in [-0.15, -0.1) is 0 Å². The van der Waals surface area contributed by atoms with E-state index in [2.05, 4.69) is 5.32 Å². The fraction of sp³-hybridized carbons (Fsp3) is 0.500. The van der Waals surface area contributed by atoms with E-state index in [-0.39, 0.29) is 12.2 Å². The van der Waals surface area contributed by atoms with E-state index in [1.165, 1.54) is 0 Å². The molecule has 0 fully saturated rings. The first-order valence-electron chi connectivity index (χ1n) is 5.49. The fourth-order valence-corrected chi connectivity index (χ4v) is 2.05. The third-order valence-corrected chi connectivity index (χ3v) is 2.81.